The predicted octanol–water partition coefficient (Wildman–Crippen LogP) is 2.19. The Morgan fingerprint density at radius 1 is 1.50 bits per heavy atom. The number of hydrogen-bond donors (Lipinski definition) is 1. The zero-order valence-corrected chi connectivity index (χ0v) is 8.93. The number of hydrogen-bond acceptors (Lipinski definition) is 3. The van der Waals surface area contributed by atoms with E-state index in [9.17, 15) is 0 Å². The maximum absolute atomic E-state index is 5.68. The summed E-state index contributed by atoms with van der Waals surface area (Å²) in [6.45, 7) is 0. The molecule has 2 aromatic rings. The number of pyridine rings is 1. The minimum atomic E-state index is 0.463. The normalized spacial score (nSPS) is 10.4. The van der Waals surface area contributed by atoms with Gasteiger partial charge in [0, 0.05) is 18.8 Å². The first kappa shape index (κ1) is 9.36. The van der Waals surface area contributed by atoms with Gasteiger partial charge in [-0.2, -0.15) is 5.10 Å². The molecule has 6 heteroatoms. The topological polar surface area (TPSA) is 46.5 Å². The first-order valence-electron chi connectivity index (χ1n) is 3.92. The van der Waals surface area contributed by atoms with E-state index in [0.29, 0.717) is 9.92 Å². The molecule has 0 bridgehead atoms. The fourth-order valence-electron chi connectivity index (χ4n) is 1.11. The van der Waals surface area contributed by atoms with Gasteiger partial charge in [0.1, 0.15) is 5.15 Å². The molecule has 0 saturated carbocycles. The van der Waals surface area contributed by atoms with Gasteiger partial charge in [-0.05, 0) is 24.4 Å². The highest BCUT2D eigenvalue weighted by molar-refractivity contribution is 7.71. The second kappa shape index (κ2) is 3.51. The van der Waals surface area contributed by atoms with Crippen molar-refractivity contribution in [1.82, 2.24) is 19.7 Å². The Morgan fingerprint density at radius 3 is 2.79 bits per heavy atom. The molecule has 0 aliphatic rings. The molecule has 0 spiro atoms. The fourth-order valence-corrected chi connectivity index (χ4v) is 1.36. The van der Waals surface area contributed by atoms with Gasteiger partial charge in [-0.15, -0.1) is 0 Å². The van der Waals surface area contributed by atoms with Crippen LogP contribution in [-0.2, 0) is 7.05 Å². The molecular formula is C8H7ClN4S. The van der Waals surface area contributed by atoms with Gasteiger partial charge >= 0.3 is 0 Å². The van der Waals surface area contributed by atoms with Crippen molar-refractivity contribution in [2.75, 3.05) is 0 Å². The smallest absolute Gasteiger partial charge is 0.195 e. The molecule has 0 aromatic carbocycles. The van der Waals surface area contributed by atoms with Gasteiger partial charge in [-0.25, -0.2) is 4.98 Å². The molecule has 0 amide bonds. The average Bonchev–Trinajstić information content (AvgIpc) is 2.50. The predicted molar refractivity (Wildman–Crippen MR) is 56.6 cm³/mol. The van der Waals surface area contributed by atoms with E-state index in [1.807, 2.05) is 13.1 Å². The molecule has 2 heterocycles. The van der Waals surface area contributed by atoms with E-state index >= 15 is 0 Å². The van der Waals surface area contributed by atoms with E-state index in [2.05, 4.69) is 15.2 Å². The van der Waals surface area contributed by atoms with Crippen molar-refractivity contribution in [3.8, 4) is 11.4 Å². The fraction of sp³-hybridized carbons (Fsp3) is 0.125. The third-order valence-corrected chi connectivity index (χ3v) is 2.45. The minimum absolute atomic E-state index is 0.463. The van der Waals surface area contributed by atoms with E-state index in [-0.39, 0.29) is 0 Å². The second-order valence-electron chi connectivity index (χ2n) is 2.78. The number of halogens is 1. The van der Waals surface area contributed by atoms with Crippen LogP contribution in [0.3, 0.4) is 0 Å². The number of H-pyrrole nitrogens is 1. The van der Waals surface area contributed by atoms with Crippen molar-refractivity contribution in [2.45, 2.75) is 0 Å². The summed E-state index contributed by atoms with van der Waals surface area (Å²) >= 11 is 10.7. The molecular weight excluding hydrogens is 220 g/mol. The molecule has 2 rings (SSSR count). The SMILES string of the molecule is Cn1c(-c2ccc(Cl)nc2)n[nH]c1=S. The van der Waals surface area contributed by atoms with Crippen LogP contribution in [0.15, 0.2) is 18.3 Å². The van der Waals surface area contributed by atoms with Gasteiger partial charge in [0.25, 0.3) is 0 Å². The Morgan fingerprint density at radius 2 is 2.29 bits per heavy atom. The van der Waals surface area contributed by atoms with Crippen LogP contribution in [0.4, 0.5) is 0 Å². The van der Waals surface area contributed by atoms with Crippen LogP contribution < -0.4 is 0 Å². The maximum Gasteiger partial charge on any atom is 0.195 e. The van der Waals surface area contributed by atoms with E-state index in [1.54, 1.807) is 16.8 Å². The molecule has 0 aliphatic carbocycles. The largest absolute Gasteiger partial charge is 0.303 e. The highest BCUT2D eigenvalue weighted by Crippen LogP contribution is 2.16. The second-order valence-corrected chi connectivity index (χ2v) is 3.55. The van der Waals surface area contributed by atoms with Crippen molar-refractivity contribution in [1.29, 1.82) is 0 Å². The van der Waals surface area contributed by atoms with Crippen LogP contribution in [-0.4, -0.2) is 19.7 Å². The highest BCUT2D eigenvalue weighted by Gasteiger charge is 2.05. The molecule has 14 heavy (non-hydrogen) atoms. The van der Waals surface area contributed by atoms with Gasteiger partial charge < -0.3 is 4.57 Å². The Balaban J connectivity index is 2.55. The Bertz CT molecular complexity index is 499. The molecule has 0 fully saturated rings. The molecule has 72 valence electrons. The van der Waals surface area contributed by atoms with Crippen molar-refractivity contribution >= 4 is 23.8 Å². The third kappa shape index (κ3) is 1.56. The zero-order valence-electron chi connectivity index (χ0n) is 7.36. The highest BCUT2D eigenvalue weighted by atomic mass is 35.5. The molecule has 2 aromatic heterocycles. The number of nitrogens with zero attached hydrogens (tertiary/aromatic N) is 3. The van der Waals surface area contributed by atoms with Gasteiger partial charge in [0.05, 0.1) is 0 Å². The van der Waals surface area contributed by atoms with Gasteiger partial charge in [-0.1, -0.05) is 11.6 Å². The lowest BCUT2D eigenvalue weighted by Gasteiger charge is -1.98. The molecule has 0 aliphatic heterocycles. The summed E-state index contributed by atoms with van der Waals surface area (Å²) in [4.78, 5) is 3.97. The summed E-state index contributed by atoms with van der Waals surface area (Å²) in [5.41, 5.74) is 0.879. The van der Waals surface area contributed by atoms with Crippen molar-refractivity contribution in [2.24, 2.45) is 7.05 Å². The molecule has 1 N–H and O–H groups in total. The van der Waals surface area contributed by atoms with Crippen LogP contribution in [0.25, 0.3) is 11.4 Å². The first-order chi connectivity index (χ1) is 6.68. The lowest BCUT2D eigenvalue weighted by Crippen LogP contribution is -1.92. The molecule has 0 atom stereocenters. The minimum Gasteiger partial charge on any atom is -0.303 e. The maximum atomic E-state index is 5.68. The van der Waals surface area contributed by atoms with Crippen LogP contribution >= 0.6 is 23.8 Å². The lowest BCUT2D eigenvalue weighted by atomic mass is 10.3. The summed E-state index contributed by atoms with van der Waals surface area (Å²) < 4.78 is 2.36. The summed E-state index contributed by atoms with van der Waals surface area (Å²) in [6.07, 6.45) is 1.66. The van der Waals surface area contributed by atoms with Crippen molar-refractivity contribution < 1.29 is 0 Å². The number of aromatic nitrogens is 4. The van der Waals surface area contributed by atoms with Gasteiger partial charge in [0.15, 0.2) is 10.6 Å². The van der Waals surface area contributed by atoms with Crippen LogP contribution in [0, 0.1) is 4.77 Å². The Kier molecular flexibility index (Phi) is 2.35. The summed E-state index contributed by atoms with van der Waals surface area (Å²) in [7, 11) is 1.84. The number of aromatic amines is 1. The molecule has 0 saturated heterocycles. The number of nitrogens with one attached hydrogen (secondary N) is 1. The lowest BCUT2D eigenvalue weighted by molar-refractivity contribution is 0.901. The van der Waals surface area contributed by atoms with Crippen LogP contribution in [0.1, 0.15) is 0 Å². The van der Waals surface area contributed by atoms with Crippen molar-refractivity contribution in [3.05, 3.63) is 28.3 Å². The summed E-state index contributed by atoms with van der Waals surface area (Å²) in [5.74, 6) is 0.749. The van der Waals surface area contributed by atoms with Gasteiger partial charge in [0.2, 0.25) is 0 Å². The van der Waals surface area contributed by atoms with Gasteiger partial charge in [-0.3, -0.25) is 5.10 Å². The third-order valence-electron chi connectivity index (χ3n) is 1.87. The quantitative estimate of drug-likeness (QED) is 0.599. The molecule has 4 nitrogen and oxygen atoms in total. The van der Waals surface area contributed by atoms with Crippen LogP contribution in [0.5, 0.6) is 0 Å². The molecule has 0 radical (unpaired) electrons. The zero-order chi connectivity index (χ0) is 10.1. The Labute approximate surface area is 90.6 Å². The standard InChI is InChI=1S/C8H7ClN4S/c1-13-7(11-12-8(13)14)5-2-3-6(9)10-4-5/h2-4H,1H3,(H,12,14). The molecule has 0 unspecified atom stereocenters. The van der Waals surface area contributed by atoms with Crippen LogP contribution in [0.2, 0.25) is 5.15 Å². The van der Waals surface area contributed by atoms with E-state index < -0.39 is 0 Å². The summed E-state index contributed by atoms with van der Waals surface area (Å²) in [5, 5.41) is 7.25. The van der Waals surface area contributed by atoms with E-state index in [1.165, 1.54) is 0 Å². The monoisotopic (exact) mass is 226 g/mol. The number of rotatable bonds is 1. The first-order valence-corrected chi connectivity index (χ1v) is 4.70. The van der Waals surface area contributed by atoms with E-state index in [0.717, 1.165) is 11.4 Å². The average molecular weight is 227 g/mol. The van der Waals surface area contributed by atoms with Crippen molar-refractivity contribution in [3.63, 3.8) is 0 Å². The summed E-state index contributed by atoms with van der Waals surface area (Å²) in [6, 6.07) is 3.56. The van der Waals surface area contributed by atoms with E-state index in [4.69, 9.17) is 23.8 Å². The Hall–Kier alpha value is -1.20.